The molecule has 0 atom stereocenters. The summed E-state index contributed by atoms with van der Waals surface area (Å²) in [6, 6.07) is 7.17. The van der Waals surface area contributed by atoms with Crippen LogP contribution < -0.4 is 11.2 Å². The average molecular weight is 391 g/mol. The lowest BCUT2D eigenvalue weighted by Crippen LogP contribution is -2.23. The Bertz CT molecular complexity index is 793. The standard InChI is InChI=1S/C16H11F6N3S/c17-15(18,19)12-5-11(6-13(7-12)16(20,21)22)10-3-1-9(2-4-10)8-24-25-14(23)26/h1-8H,(H3,23,25,26). The Kier molecular flexibility index (Phi) is 5.55. The van der Waals surface area contributed by atoms with E-state index >= 15 is 0 Å². The molecule has 138 valence electrons. The summed E-state index contributed by atoms with van der Waals surface area (Å²) >= 11 is 4.55. The molecule has 2 aromatic rings. The van der Waals surface area contributed by atoms with E-state index in [1.165, 1.54) is 30.5 Å². The number of benzene rings is 2. The predicted molar refractivity (Wildman–Crippen MR) is 89.4 cm³/mol. The van der Waals surface area contributed by atoms with Crippen molar-refractivity contribution in [2.75, 3.05) is 0 Å². The Labute approximate surface area is 149 Å². The number of nitrogens with two attached hydrogens (primary N) is 1. The molecule has 0 unspecified atom stereocenters. The lowest BCUT2D eigenvalue weighted by molar-refractivity contribution is -0.143. The van der Waals surface area contributed by atoms with Gasteiger partial charge < -0.3 is 5.73 Å². The molecule has 0 aliphatic heterocycles. The van der Waals surface area contributed by atoms with E-state index in [0.29, 0.717) is 17.7 Å². The second kappa shape index (κ2) is 7.32. The number of hydrazone groups is 1. The van der Waals surface area contributed by atoms with Crippen LogP contribution in [0.2, 0.25) is 0 Å². The van der Waals surface area contributed by atoms with Crippen molar-refractivity contribution in [2.24, 2.45) is 10.8 Å². The number of thiocarbonyl (C=S) groups is 1. The Morgan fingerprint density at radius 1 is 0.885 bits per heavy atom. The molecule has 26 heavy (non-hydrogen) atoms. The molecule has 3 nitrogen and oxygen atoms in total. The molecule has 2 aromatic carbocycles. The Balaban J connectivity index is 2.41. The SMILES string of the molecule is NC(=S)NN=Cc1ccc(-c2cc(C(F)(F)F)cc(C(F)(F)F)c2)cc1. The minimum atomic E-state index is -4.89. The van der Waals surface area contributed by atoms with Crippen LogP contribution in [0.3, 0.4) is 0 Å². The quantitative estimate of drug-likeness (QED) is 0.349. The van der Waals surface area contributed by atoms with Crippen molar-refractivity contribution < 1.29 is 26.3 Å². The maximum Gasteiger partial charge on any atom is 0.416 e. The van der Waals surface area contributed by atoms with E-state index in [4.69, 9.17) is 5.73 Å². The van der Waals surface area contributed by atoms with Gasteiger partial charge in [0.1, 0.15) is 0 Å². The molecule has 0 aromatic heterocycles. The fourth-order valence-electron chi connectivity index (χ4n) is 2.05. The highest BCUT2D eigenvalue weighted by Crippen LogP contribution is 2.38. The van der Waals surface area contributed by atoms with Crippen LogP contribution >= 0.6 is 12.2 Å². The molecule has 0 aliphatic carbocycles. The molecular weight excluding hydrogens is 380 g/mol. The molecule has 0 saturated heterocycles. The Morgan fingerprint density at radius 2 is 1.38 bits per heavy atom. The van der Waals surface area contributed by atoms with E-state index in [1.54, 1.807) is 0 Å². The van der Waals surface area contributed by atoms with Crippen molar-refractivity contribution in [3.8, 4) is 11.1 Å². The molecule has 2 rings (SSSR count). The zero-order valence-electron chi connectivity index (χ0n) is 12.8. The summed E-state index contributed by atoms with van der Waals surface area (Å²) in [6.07, 6.45) is -8.44. The van der Waals surface area contributed by atoms with Crippen molar-refractivity contribution in [3.05, 3.63) is 59.2 Å². The van der Waals surface area contributed by atoms with Crippen LogP contribution in [0.4, 0.5) is 26.3 Å². The zero-order valence-corrected chi connectivity index (χ0v) is 13.6. The van der Waals surface area contributed by atoms with Gasteiger partial charge in [0.2, 0.25) is 0 Å². The third-order valence-electron chi connectivity index (χ3n) is 3.22. The fourth-order valence-corrected chi connectivity index (χ4v) is 2.11. The van der Waals surface area contributed by atoms with Crippen LogP contribution in [0, 0.1) is 0 Å². The molecule has 0 saturated carbocycles. The van der Waals surface area contributed by atoms with Crippen molar-refractivity contribution in [2.45, 2.75) is 12.4 Å². The molecule has 10 heteroatoms. The minimum absolute atomic E-state index is 0.0542. The maximum absolute atomic E-state index is 12.9. The molecule has 0 aliphatic rings. The van der Waals surface area contributed by atoms with Gasteiger partial charge in [-0.15, -0.1) is 0 Å². The lowest BCUT2D eigenvalue weighted by Gasteiger charge is -2.14. The van der Waals surface area contributed by atoms with Crippen LogP contribution in [0.15, 0.2) is 47.6 Å². The summed E-state index contributed by atoms with van der Waals surface area (Å²) in [5.41, 5.74) is 5.30. The average Bonchev–Trinajstić information content (AvgIpc) is 2.53. The molecule has 3 N–H and O–H groups in total. The third-order valence-corrected chi connectivity index (χ3v) is 3.31. The number of halogens is 6. The lowest BCUT2D eigenvalue weighted by atomic mass is 9.98. The van der Waals surface area contributed by atoms with E-state index in [1.807, 2.05) is 0 Å². The van der Waals surface area contributed by atoms with Gasteiger partial charge in [0.25, 0.3) is 0 Å². The molecular formula is C16H11F6N3S. The van der Waals surface area contributed by atoms with Gasteiger partial charge in [-0.3, -0.25) is 5.43 Å². The number of nitrogens with one attached hydrogen (secondary N) is 1. The van der Waals surface area contributed by atoms with Crippen LogP contribution in [0.1, 0.15) is 16.7 Å². The van der Waals surface area contributed by atoms with Crippen molar-refractivity contribution >= 4 is 23.5 Å². The first-order valence-corrected chi connectivity index (χ1v) is 7.36. The minimum Gasteiger partial charge on any atom is -0.375 e. The van der Waals surface area contributed by atoms with Gasteiger partial charge in [0.05, 0.1) is 17.3 Å². The number of rotatable bonds is 3. The van der Waals surface area contributed by atoms with Crippen molar-refractivity contribution in [1.29, 1.82) is 0 Å². The second-order valence-corrected chi connectivity index (χ2v) is 5.59. The van der Waals surface area contributed by atoms with E-state index < -0.39 is 23.5 Å². The molecule has 0 spiro atoms. The van der Waals surface area contributed by atoms with Crippen LogP contribution in [-0.4, -0.2) is 11.3 Å². The summed E-state index contributed by atoms with van der Waals surface area (Å²) in [5.74, 6) is 0. The predicted octanol–water partition coefficient (Wildman–Crippen LogP) is 4.56. The van der Waals surface area contributed by atoms with Gasteiger partial charge >= 0.3 is 12.4 Å². The molecule has 0 amide bonds. The largest absolute Gasteiger partial charge is 0.416 e. The summed E-state index contributed by atoms with van der Waals surface area (Å²) in [6.45, 7) is 0. The van der Waals surface area contributed by atoms with Gasteiger partial charge in [-0.1, -0.05) is 24.3 Å². The second-order valence-electron chi connectivity index (χ2n) is 5.15. The van der Waals surface area contributed by atoms with Gasteiger partial charge in [-0.25, -0.2) is 0 Å². The third kappa shape index (κ3) is 5.19. The number of nitrogens with zero attached hydrogens (tertiary/aromatic N) is 1. The summed E-state index contributed by atoms with van der Waals surface area (Å²) in [7, 11) is 0. The molecule has 0 fully saturated rings. The van der Waals surface area contributed by atoms with Crippen LogP contribution in [-0.2, 0) is 12.4 Å². The van der Waals surface area contributed by atoms with E-state index in [9.17, 15) is 26.3 Å². The van der Waals surface area contributed by atoms with Crippen LogP contribution in [0.5, 0.6) is 0 Å². The first-order chi connectivity index (χ1) is 12.0. The Morgan fingerprint density at radius 3 is 1.81 bits per heavy atom. The Hall–Kier alpha value is -2.62. The summed E-state index contributed by atoms with van der Waals surface area (Å²) < 4.78 is 77.4. The molecule has 0 bridgehead atoms. The highest BCUT2D eigenvalue weighted by molar-refractivity contribution is 7.80. The fraction of sp³-hybridized carbons (Fsp3) is 0.125. The van der Waals surface area contributed by atoms with Crippen molar-refractivity contribution in [3.63, 3.8) is 0 Å². The number of hydrogen-bond donors (Lipinski definition) is 2. The highest BCUT2D eigenvalue weighted by atomic mass is 32.1. The number of alkyl halides is 6. The molecule has 0 radical (unpaired) electrons. The van der Waals surface area contributed by atoms with Crippen molar-refractivity contribution in [1.82, 2.24) is 5.43 Å². The van der Waals surface area contributed by atoms with Gasteiger partial charge in [-0.2, -0.15) is 31.4 Å². The number of hydrogen-bond acceptors (Lipinski definition) is 2. The molecule has 0 heterocycles. The monoisotopic (exact) mass is 391 g/mol. The highest BCUT2D eigenvalue weighted by Gasteiger charge is 2.36. The first-order valence-electron chi connectivity index (χ1n) is 6.95. The van der Waals surface area contributed by atoms with Gasteiger partial charge in [-0.05, 0) is 47.1 Å². The zero-order chi connectivity index (χ0) is 19.5. The van der Waals surface area contributed by atoms with Gasteiger partial charge in [0.15, 0.2) is 5.11 Å². The topological polar surface area (TPSA) is 50.4 Å². The normalized spacial score (nSPS) is 12.4. The van der Waals surface area contributed by atoms with E-state index in [2.05, 4.69) is 22.7 Å². The van der Waals surface area contributed by atoms with E-state index in [-0.39, 0.29) is 22.3 Å². The smallest absolute Gasteiger partial charge is 0.375 e. The maximum atomic E-state index is 12.9. The van der Waals surface area contributed by atoms with Gasteiger partial charge in [0, 0.05) is 0 Å². The first kappa shape index (κ1) is 19.7. The summed E-state index contributed by atoms with van der Waals surface area (Å²) in [4.78, 5) is 0. The summed E-state index contributed by atoms with van der Waals surface area (Å²) in [5, 5.41) is 3.64. The van der Waals surface area contributed by atoms with Crippen LogP contribution in [0.25, 0.3) is 11.1 Å². The van der Waals surface area contributed by atoms with E-state index in [0.717, 1.165) is 0 Å².